The summed E-state index contributed by atoms with van der Waals surface area (Å²) in [5.74, 6) is -2.75. The molecule has 0 spiro atoms. The van der Waals surface area contributed by atoms with Crippen molar-refractivity contribution in [1.82, 2.24) is 10.6 Å². The van der Waals surface area contributed by atoms with Crippen molar-refractivity contribution in [3.05, 3.63) is 108 Å². The maximum absolute atomic E-state index is 13.2. The lowest BCUT2D eigenvalue weighted by atomic mass is 9.77. The Labute approximate surface area is 197 Å². The van der Waals surface area contributed by atoms with Crippen LogP contribution >= 0.6 is 0 Å². The van der Waals surface area contributed by atoms with E-state index in [0.717, 1.165) is 16.7 Å². The molecule has 0 saturated carbocycles. The quantitative estimate of drug-likeness (QED) is 0.289. The Morgan fingerprint density at radius 3 is 1.56 bits per heavy atom. The number of nitrogens with one attached hydrogen (secondary N) is 2. The van der Waals surface area contributed by atoms with Crippen LogP contribution in [0.2, 0.25) is 0 Å². The van der Waals surface area contributed by atoms with Gasteiger partial charge in [0.15, 0.2) is 0 Å². The third-order valence-electron chi connectivity index (χ3n) is 5.49. The first kappa shape index (κ1) is 24.6. The number of benzene rings is 3. The normalized spacial score (nSPS) is 12.9. The molecule has 176 valence electrons. The molecule has 0 aliphatic rings. The molecule has 0 aliphatic heterocycles. The highest BCUT2D eigenvalue weighted by atomic mass is 16.4. The lowest BCUT2D eigenvalue weighted by Gasteiger charge is -2.37. The Balaban J connectivity index is 1.96. The maximum Gasteiger partial charge on any atom is 0.328 e. The fraction of sp³-hybridized carbons (Fsp3) is 0.192. The molecular weight excluding hydrogens is 434 g/mol. The molecule has 0 unspecified atom stereocenters. The lowest BCUT2D eigenvalue weighted by molar-refractivity contribution is -0.143. The summed E-state index contributed by atoms with van der Waals surface area (Å²) in [7, 11) is 0. The second kappa shape index (κ2) is 11.2. The van der Waals surface area contributed by atoms with Gasteiger partial charge < -0.3 is 26.6 Å². The fourth-order valence-electron chi connectivity index (χ4n) is 3.80. The van der Waals surface area contributed by atoms with Crippen molar-refractivity contribution in [2.75, 3.05) is 6.61 Å². The van der Waals surface area contributed by atoms with Crippen molar-refractivity contribution in [2.45, 2.75) is 24.0 Å². The van der Waals surface area contributed by atoms with Crippen LogP contribution in [0.25, 0.3) is 0 Å². The first-order valence-electron chi connectivity index (χ1n) is 10.8. The van der Waals surface area contributed by atoms with Gasteiger partial charge in [-0.2, -0.15) is 0 Å². The zero-order chi connectivity index (χ0) is 24.6. The lowest BCUT2D eigenvalue weighted by Crippen LogP contribution is -2.53. The third-order valence-corrected chi connectivity index (χ3v) is 5.49. The number of carboxylic acid groups (broad SMARTS) is 1. The van der Waals surface area contributed by atoms with Crippen molar-refractivity contribution < 1.29 is 24.6 Å². The summed E-state index contributed by atoms with van der Waals surface area (Å²) in [6.45, 7) is -0.793. The summed E-state index contributed by atoms with van der Waals surface area (Å²) in [6.07, 6.45) is -0.391. The maximum atomic E-state index is 13.2. The van der Waals surface area contributed by atoms with Gasteiger partial charge in [-0.05, 0) is 16.7 Å². The van der Waals surface area contributed by atoms with Crippen LogP contribution < -0.4 is 16.4 Å². The number of aliphatic hydroxyl groups is 1. The summed E-state index contributed by atoms with van der Waals surface area (Å²) in [5.41, 5.74) is 7.28. The van der Waals surface area contributed by atoms with Crippen LogP contribution in [0.15, 0.2) is 91.0 Å². The van der Waals surface area contributed by atoms with Gasteiger partial charge in [-0.25, -0.2) is 4.79 Å². The molecule has 0 bridgehead atoms. The highest BCUT2D eigenvalue weighted by molar-refractivity contribution is 5.91. The SMILES string of the molecule is N[C@@H](CC(=O)NC(c1ccccc1)(c1ccccc1)c1ccccc1)C(=O)N[C@@H](CO)C(=O)O. The van der Waals surface area contributed by atoms with E-state index in [0.29, 0.717) is 0 Å². The van der Waals surface area contributed by atoms with Crippen LogP contribution in [-0.4, -0.2) is 46.7 Å². The second-order valence-corrected chi connectivity index (χ2v) is 7.79. The molecule has 3 aromatic carbocycles. The van der Waals surface area contributed by atoms with Gasteiger partial charge in [-0.1, -0.05) is 91.0 Å². The number of rotatable bonds is 10. The van der Waals surface area contributed by atoms with E-state index in [9.17, 15) is 14.4 Å². The molecule has 0 radical (unpaired) electrons. The Kier molecular flexibility index (Phi) is 8.13. The fourth-order valence-corrected chi connectivity index (χ4v) is 3.80. The van der Waals surface area contributed by atoms with E-state index in [2.05, 4.69) is 10.6 Å². The predicted octanol–water partition coefficient (Wildman–Crippen LogP) is 1.37. The van der Waals surface area contributed by atoms with Crippen molar-refractivity contribution in [2.24, 2.45) is 5.73 Å². The smallest absolute Gasteiger partial charge is 0.328 e. The summed E-state index contributed by atoms with van der Waals surface area (Å²) in [4.78, 5) is 36.7. The van der Waals surface area contributed by atoms with Crippen molar-refractivity contribution in [1.29, 1.82) is 0 Å². The summed E-state index contributed by atoms with van der Waals surface area (Å²) in [6, 6.07) is 25.5. The van der Waals surface area contributed by atoms with Gasteiger partial charge >= 0.3 is 5.97 Å². The van der Waals surface area contributed by atoms with E-state index in [4.69, 9.17) is 15.9 Å². The molecule has 34 heavy (non-hydrogen) atoms. The number of amides is 2. The van der Waals surface area contributed by atoms with Gasteiger partial charge in [0.2, 0.25) is 11.8 Å². The van der Waals surface area contributed by atoms with Gasteiger partial charge in [0.1, 0.15) is 11.6 Å². The van der Waals surface area contributed by atoms with Crippen LogP contribution in [0.1, 0.15) is 23.1 Å². The number of carboxylic acids is 1. The largest absolute Gasteiger partial charge is 0.480 e. The van der Waals surface area contributed by atoms with E-state index < -0.39 is 48.4 Å². The first-order valence-corrected chi connectivity index (χ1v) is 10.8. The molecule has 8 nitrogen and oxygen atoms in total. The number of carbonyl (C=O) groups excluding carboxylic acids is 2. The Hall–Kier alpha value is -4.01. The van der Waals surface area contributed by atoms with Gasteiger partial charge in [0, 0.05) is 0 Å². The van der Waals surface area contributed by atoms with Crippen LogP contribution in [0.5, 0.6) is 0 Å². The van der Waals surface area contributed by atoms with E-state index in [1.54, 1.807) is 0 Å². The average Bonchev–Trinajstić information content (AvgIpc) is 2.87. The van der Waals surface area contributed by atoms with E-state index >= 15 is 0 Å². The third kappa shape index (κ3) is 5.48. The highest BCUT2D eigenvalue weighted by Crippen LogP contribution is 2.36. The van der Waals surface area contributed by atoms with Crippen LogP contribution in [0.4, 0.5) is 0 Å². The molecule has 3 aromatic rings. The number of aliphatic carboxylic acids is 1. The monoisotopic (exact) mass is 461 g/mol. The van der Waals surface area contributed by atoms with Crippen LogP contribution in [0, 0.1) is 0 Å². The average molecular weight is 462 g/mol. The number of nitrogens with two attached hydrogens (primary N) is 1. The summed E-state index contributed by atoms with van der Waals surface area (Å²) in [5, 5.41) is 23.4. The molecule has 8 heteroatoms. The number of hydrogen-bond acceptors (Lipinski definition) is 5. The van der Waals surface area contributed by atoms with Gasteiger partial charge in [-0.3, -0.25) is 9.59 Å². The zero-order valence-corrected chi connectivity index (χ0v) is 18.4. The standard InChI is InChI=1S/C26H27N3O5/c27-21(24(32)28-22(17-30)25(33)34)16-23(31)29-26(18-10-4-1-5-11-18,19-12-6-2-7-13-19)20-14-8-3-9-15-20/h1-15,21-22,30H,16-17,27H2,(H,28,32)(H,29,31)(H,33,34)/t21-,22-/m0/s1. The minimum Gasteiger partial charge on any atom is -0.480 e. The molecule has 0 aliphatic carbocycles. The van der Waals surface area contributed by atoms with Crippen molar-refractivity contribution >= 4 is 17.8 Å². The zero-order valence-electron chi connectivity index (χ0n) is 18.4. The minimum atomic E-state index is -1.50. The van der Waals surface area contributed by atoms with Crippen LogP contribution in [-0.2, 0) is 19.9 Å². The van der Waals surface area contributed by atoms with Gasteiger partial charge in [0.05, 0.1) is 19.1 Å². The molecule has 0 heterocycles. The van der Waals surface area contributed by atoms with Crippen LogP contribution in [0.3, 0.4) is 0 Å². The second-order valence-electron chi connectivity index (χ2n) is 7.79. The highest BCUT2D eigenvalue weighted by Gasteiger charge is 2.38. The summed E-state index contributed by atoms with van der Waals surface area (Å²) < 4.78 is 0. The predicted molar refractivity (Wildman–Crippen MR) is 127 cm³/mol. The molecule has 0 saturated heterocycles. The molecular formula is C26H27N3O5. The van der Waals surface area contributed by atoms with E-state index in [-0.39, 0.29) is 0 Å². The number of carbonyl (C=O) groups is 3. The number of aliphatic hydroxyl groups excluding tert-OH is 1. The molecule has 6 N–H and O–H groups in total. The Morgan fingerprint density at radius 1 is 0.794 bits per heavy atom. The molecule has 0 aromatic heterocycles. The first-order chi connectivity index (χ1) is 16.4. The molecule has 2 amide bonds. The summed E-state index contributed by atoms with van der Waals surface area (Å²) >= 11 is 0. The topological polar surface area (TPSA) is 142 Å². The van der Waals surface area contributed by atoms with E-state index in [1.165, 1.54) is 0 Å². The molecule has 3 rings (SSSR count). The van der Waals surface area contributed by atoms with Crippen molar-refractivity contribution in [3.63, 3.8) is 0 Å². The number of hydrogen-bond donors (Lipinski definition) is 5. The van der Waals surface area contributed by atoms with Crippen molar-refractivity contribution in [3.8, 4) is 0 Å². The Bertz CT molecular complexity index is 1010. The molecule has 0 fully saturated rings. The minimum absolute atomic E-state index is 0.391. The Morgan fingerprint density at radius 2 is 1.21 bits per heavy atom. The molecule has 2 atom stereocenters. The van der Waals surface area contributed by atoms with E-state index in [1.807, 2.05) is 91.0 Å². The van der Waals surface area contributed by atoms with Gasteiger partial charge in [-0.15, -0.1) is 0 Å². The van der Waals surface area contributed by atoms with Gasteiger partial charge in [0.25, 0.3) is 0 Å².